The molecule has 0 aliphatic rings. The Morgan fingerprint density at radius 3 is 1.36 bits per heavy atom. The first-order valence-corrected chi connectivity index (χ1v) is 14.2. The van der Waals surface area contributed by atoms with Gasteiger partial charge in [0, 0.05) is 12.1 Å². The van der Waals surface area contributed by atoms with E-state index in [1.165, 1.54) is 44.5 Å². The van der Waals surface area contributed by atoms with E-state index in [0.29, 0.717) is 5.56 Å². The molecule has 0 fully saturated rings. The Hall–Kier alpha value is -1.18. The zero-order valence-corrected chi connectivity index (χ0v) is 25.5. The first-order valence-electron chi connectivity index (χ1n) is 12.1. The molecule has 0 saturated heterocycles. The summed E-state index contributed by atoms with van der Waals surface area (Å²) in [5, 5.41) is 0. The lowest BCUT2D eigenvalue weighted by atomic mass is 9.88. The summed E-state index contributed by atoms with van der Waals surface area (Å²) in [5.74, 6) is -57.0. The normalized spacial score (nSPS) is 16.6. The fourth-order valence-corrected chi connectivity index (χ4v) is 5.71. The van der Waals surface area contributed by atoms with E-state index in [1.807, 2.05) is 0 Å². The fourth-order valence-electron chi connectivity index (χ4n) is 3.45. The smallest absolute Gasteiger partial charge is 0.321 e. The van der Waals surface area contributed by atoms with Crippen molar-refractivity contribution in [3.05, 3.63) is 35.9 Å². The second-order valence-corrected chi connectivity index (χ2v) is 12.5. The number of nitrogens with zero attached hydrogens (tertiary/aromatic N) is 1. The zero-order chi connectivity index (χ0) is 35.8. The van der Waals surface area contributed by atoms with Gasteiger partial charge >= 0.3 is 47.6 Å². The molecule has 22 heteroatoms. The molecule has 0 aliphatic heterocycles. The van der Waals surface area contributed by atoms with Gasteiger partial charge in [0.15, 0.2) is 0 Å². The Bertz CT molecular complexity index is 1090. The minimum Gasteiger partial charge on any atom is -0.321 e. The van der Waals surface area contributed by atoms with Gasteiger partial charge in [0.1, 0.15) is 4.83 Å². The van der Waals surface area contributed by atoms with Gasteiger partial charge in [-0.25, -0.2) is 4.67 Å². The van der Waals surface area contributed by atoms with E-state index in [-0.39, 0.29) is 6.61 Å². The fraction of sp³-hybridized carbons (Fsp3) is 0.739. The average Bonchev–Trinajstić information content (AvgIpc) is 2.88. The highest BCUT2D eigenvalue weighted by Crippen LogP contribution is 2.64. The van der Waals surface area contributed by atoms with Gasteiger partial charge in [0.25, 0.3) is 8.53 Å². The molecule has 0 N–H and O–H groups in total. The molecule has 1 aromatic carbocycles. The van der Waals surface area contributed by atoms with Gasteiger partial charge in [-0.3, -0.25) is 0 Å². The van der Waals surface area contributed by atoms with Gasteiger partial charge in [-0.1, -0.05) is 46.3 Å². The van der Waals surface area contributed by atoms with Crippen molar-refractivity contribution in [1.82, 2.24) is 4.67 Å². The van der Waals surface area contributed by atoms with Crippen LogP contribution in [0.15, 0.2) is 30.3 Å². The molecular formula is C23H24BrF17NO2P. The van der Waals surface area contributed by atoms with Gasteiger partial charge in [0.2, 0.25) is 0 Å². The van der Waals surface area contributed by atoms with Crippen molar-refractivity contribution in [2.24, 2.45) is 0 Å². The van der Waals surface area contributed by atoms with Gasteiger partial charge in [-0.15, -0.1) is 0 Å². The third kappa shape index (κ3) is 7.46. The van der Waals surface area contributed by atoms with E-state index >= 15 is 0 Å². The SMILES string of the molecule is CC(C)N(C(C)C)P(OCc1ccccc1)OCC(Br)C(F)(F)C(F)(F)C(F)(F)C(F)(F)C(F)(F)C(F)(F)C(F)(F)C(F)(F)F. The summed E-state index contributed by atoms with van der Waals surface area (Å²) < 4.78 is 243. The molecule has 1 aromatic rings. The number of rotatable bonds is 16. The first-order chi connectivity index (χ1) is 19.9. The van der Waals surface area contributed by atoms with Crippen LogP contribution in [0.1, 0.15) is 33.3 Å². The highest BCUT2D eigenvalue weighted by molar-refractivity contribution is 9.09. The second-order valence-electron chi connectivity index (χ2n) is 9.89. The number of alkyl halides is 18. The Morgan fingerprint density at radius 2 is 0.978 bits per heavy atom. The summed E-state index contributed by atoms with van der Waals surface area (Å²) in [7, 11) is -2.57. The van der Waals surface area contributed by atoms with Crippen molar-refractivity contribution >= 4 is 24.5 Å². The molecule has 264 valence electrons. The largest absolute Gasteiger partial charge is 0.460 e. The van der Waals surface area contributed by atoms with Crippen molar-refractivity contribution < 1.29 is 83.7 Å². The standard InChI is InChI=1S/C23H24BrF17NO2P/c1-12(2)42(13(3)4)45(43-10-14-8-6-5-7-9-14)44-11-15(24)16(25,26)17(27,28)18(29,30)19(31,32)20(33,34)21(35,36)22(37,38)23(39,40)41/h5-9,12-13,15H,10-11H2,1-4H3. The van der Waals surface area contributed by atoms with Gasteiger partial charge in [-0.2, -0.15) is 74.6 Å². The summed E-state index contributed by atoms with van der Waals surface area (Å²) in [6.45, 7) is 3.97. The Kier molecular flexibility index (Phi) is 12.8. The molecule has 0 bridgehead atoms. The highest BCUT2D eigenvalue weighted by atomic mass is 79.9. The van der Waals surface area contributed by atoms with Crippen LogP contribution in [0.25, 0.3) is 0 Å². The topological polar surface area (TPSA) is 21.7 Å². The first kappa shape index (κ1) is 41.8. The van der Waals surface area contributed by atoms with Crippen LogP contribution in [-0.2, 0) is 15.7 Å². The molecule has 2 atom stereocenters. The lowest BCUT2D eigenvalue weighted by Crippen LogP contribution is -2.75. The van der Waals surface area contributed by atoms with Gasteiger partial charge in [0.05, 0.1) is 13.2 Å². The molecule has 0 radical (unpaired) electrons. The molecule has 45 heavy (non-hydrogen) atoms. The van der Waals surface area contributed by atoms with Gasteiger partial charge < -0.3 is 9.05 Å². The molecule has 0 saturated carbocycles. The molecule has 0 aromatic heterocycles. The summed E-state index contributed by atoms with van der Waals surface area (Å²) in [5.41, 5.74) is 0.462. The molecule has 3 nitrogen and oxygen atoms in total. The zero-order valence-electron chi connectivity index (χ0n) is 23.0. The van der Waals surface area contributed by atoms with Gasteiger partial charge in [-0.05, 0) is 33.3 Å². The van der Waals surface area contributed by atoms with Crippen LogP contribution in [0.4, 0.5) is 74.6 Å². The van der Waals surface area contributed by atoms with E-state index in [4.69, 9.17) is 9.05 Å². The third-order valence-electron chi connectivity index (χ3n) is 5.90. The van der Waals surface area contributed by atoms with Crippen LogP contribution in [0.2, 0.25) is 0 Å². The maximum absolute atomic E-state index is 14.7. The molecule has 0 aliphatic carbocycles. The second kappa shape index (κ2) is 13.7. The van der Waals surface area contributed by atoms with Crippen molar-refractivity contribution in [3.8, 4) is 0 Å². The minimum absolute atomic E-state index is 0.307. The summed E-state index contributed by atoms with van der Waals surface area (Å²) in [4.78, 5) is -3.53. The van der Waals surface area contributed by atoms with Crippen LogP contribution >= 0.6 is 24.5 Å². The molecule has 0 heterocycles. The third-order valence-corrected chi connectivity index (χ3v) is 8.76. The monoisotopic (exact) mass is 779 g/mol. The van der Waals surface area contributed by atoms with Crippen LogP contribution in [0.5, 0.6) is 0 Å². The number of hydrogen-bond donors (Lipinski definition) is 0. The molecule has 2 unspecified atom stereocenters. The molecule has 0 spiro atoms. The summed E-state index contributed by atoms with van der Waals surface area (Å²) >= 11 is 1.79. The van der Waals surface area contributed by atoms with Crippen molar-refractivity contribution in [2.45, 2.75) is 98.8 Å². The number of benzene rings is 1. The minimum atomic E-state index is -8.69. The van der Waals surface area contributed by atoms with Crippen molar-refractivity contribution in [3.63, 3.8) is 0 Å². The lowest BCUT2D eigenvalue weighted by molar-refractivity contribution is -0.461. The van der Waals surface area contributed by atoms with Crippen LogP contribution < -0.4 is 0 Å². The van der Waals surface area contributed by atoms with Crippen LogP contribution in [0.3, 0.4) is 0 Å². The quantitative estimate of drug-likeness (QED) is 0.0948. The molecule has 1 rings (SSSR count). The maximum atomic E-state index is 14.7. The van der Waals surface area contributed by atoms with E-state index in [1.54, 1.807) is 34.1 Å². The van der Waals surface area contributed by atoms with Crippen molar-refractivity contribution in [2.75, 3.05) is 6.61 Å². The molecular weight excluding hydrogens is 756 g/mol. The predicted molar refractivity (Wildman–Crippen MR) is 130 cm³/mol. The van der Waals surface area contributed by atoms with E-state index in [0.717, 1.165) is 0 Å². The van der Waals surface area contributed by atoms with E-state index < -0.39 is 79.7 Å². The molecule has 0 amide bonds. The lowest BCUT2D eigenvalue weighted by Gasteiger charge is -2.43. The summed E-state index contributed by atoms with van der Waals surface area (Å²) in [6, 6.07) is 6.69. The average molecular weight is 780 g/mol. The Labute approximate surface area is 254 Å². The Morgan fingerprint density at radius 1 is 0.600 bits per heavy atom. The van der Waals surface area contributed by atoms with Crippen molar-refractivity contribution in [1.29, 1.82) is 0 Å². The van der Waals surface area contributed by atoms with Crippen LogP contribution in [-0.4, -0.2) is 75.8 Å². The Balaban J connectivity index is 3.44. The van der Waals surface area contributed by atoms with Crippen LogP contribution in [0, 0.1) is 0 Å². The number of hydrogen-bond acceptors (Lipinski definition) is 3. The number of halogens is 18. The predicted octanol–water partition coefficient (Wildman–Crippen LogP) is 10.3. The summed E-state index contributed by atoms with van der Waals surface area (Å²) in [6.07, 6.45) is -7.81. The van der Waals surface area contributed by atoms with E-state index in [2.05, 4.69) is 0 Å². The highest BCUT2D eigenvalue weighted by Gasteiger charge is 2.95. The maximum Gasteiger partial charge on any atom is 0.460 e. The van der Waals surface area contributed by atoms with E-state index in [9.17, 15) is 74.6 Å².